The summed E-state index contributed by atoms with van der Waals surface area (Å²) in [6, 6.07) is 1.73. The van der Waals surface area contributed by atoms with Crippen molar-refractivity contribution in [2.45, 2.75) is 6.92 Å². The molecule has 0 radical (unpaired) electrons. The first-order valence-corrected chi connectivity index (χ1v) is 6.10. The van der Waals surface area contributed by atoms with Gasteiger partial charge in [-0.05, 0) is 44.8 Å². The summed E-state index contributed by atoms with van der Waals surface area (Å²) in [7, 11) is 1.56. The average molecular weight is 353 g/mol. The molecule has 0 aliphatic heterocycles. The van der Waals surface area contributed by atoms with Gasteiger partial charge in [0.2, 0.25) is 0 Å². The van der Waals surface area contributed by atoms with Crippen molar-refractivity contribution in [2.75, 3.05) is 13.7 Å². The third-order valence-electron chi connectivity index (χ3n) is 1.86. The van der Waals surface area contributed by atoms with Gasteiger partial charge in [0.15, 0.2) is 11.5 Å². The molecule has 0 heterocycles. The first-order valence-electron chi connectivity index (χ1n) is 4.51. The van der Waals surface area contributed by atoms with E-state index in [1.807, 2.05) is 6.92 Å². The maximum atomic E-state index is 8.54. The summed E-state index contributed by atoms with van der Waals surface area (Å²) in [5.41, 5.74) is 0.693. The zero-order chi connectivity index (χ0) is 12.1. The second-order valence-corrected chi connectivity index (χ2v) is 4.39. The molecule has 1 aromatic rings. The molecule has 0 aromatic heterocycles. The Morgan fingerprint density at radius 3 is 2.62 bits per heavy atom. The van der Waals surface area contributed by atoms with E-state index >= 15 is 0 Å². The predicted molar refractivity (Wildman–Crippen MR) is 68.9 cm³/mol. The fraction of sp³-hybridized carbons (Fsp3) is 0.300. The van der Waals surface area contributed by atoms with Crippen LogP contribution in [0.1, 0.15) is 12.5 Å². The third-order valence-corrected chi connectivity index (χ3v) is 4.00. The maximum Gasteiger partial charge on any atom is 0.176 e. The van der Waals surface area contributed by atoms with E-state index in [0.29, 0.717) is 23.7 Å². The number of methoxy groups -OCH3 is 1. The first kappa shape index (κ1) is 13.3. The number of ether oxygens (including phenoxy) is 2. The van der Waals surface area contributed by atoms with Gasteiger partial charge in [0.05, 0.1) is 24.4 Å². The fourth-order valence-electron chi connectivity index (χ4n) is 1.21. The lowest BCUT2D eigenvalue weighted by atomic mass is 10.2. The molecule has 0 unspecified atom stereocenters. The van der Waals surface area contributed by atoms with Gasteiger partial charge in [-0.1, -0.05) is 5.16 Å². The molecule has 0 aliphatic carbocycles. The van der Waals surface area contributed by atoms with E-state index in [1.165, 1.54) is 6.21 Å². The molecule has 0 bridgehead atoms. The Hall–Kier alpha value is -0.750. The predicted octanol–water partition coefficient (Wildman–Crippen LogP) is 3.43. The number of oxime groups is 1. The zero-order valence-corrected chi connectivity index (χ0v) is 12.0. The highest BCUT2D eigenvalue weighted by Crippen LogP contribution is 2.42. The summed E-state index contributed by atoms with van der Waals surface area (Å²) in [5, 5.41) is 11.5. The molecule has 0 amide bonds. The van der Waals surface area contributed by atoms with Crippen LogP contribution < -0.4 is 9.47 Å². The standard InChI is InChI=1S/C10H11Br2NO3/c1-3-16-7-4-6(5-13-14)8(11)9(12)10(7)15-2/h4-5,14H,3H2,1-2H3/b13-5-. The van der Waals surface area contributed by atoms with Crippen molar-refractivity contribution in [1.29, 1.82) is 0 Å². The Bertz CT molecular complexity index is 408. The largest absolute Gasteiger partial charge is 0.492 e. The molecule has 6 heteroatoms. The molecular formula is C10H11Br2NO3. The van der Waals surface area contributed by atoms with Gasteiger partial charge in [-0.25, -0.2) is 0 Å². The first-order chi connectivity index (χ1) is 7.65. The van der Waals surface area contributed by atoms with Crippen LogP contribution in [0.3, 0.4) is 0 Å². The number of nitrogens with zero attached hydrogens (tertiary/aromatic N) is 1. The van der Waals surface area contributed by atoms with Crippen LogP contribution in [0.2, 0.25) is 0 Å². The van der Waals surface area contributed by atoms with Crippen LogP contribution in [-0.4, -0.2) is 25.1 Å². The average Bonchev–Trinajstić information content (AvgIpc) is 2.27. The summed E-state index contributed by atoms with van der Waals surface area (Å²) >= 11 is 6.76. The quantitative estimate of drug-likeness (QED) is 0.513. The highest BCUT2D eigenvalue weighted by atomic mass is 79.9. The second-order valence-electron chi connectivity index (χ2n) is 2.80. The summed E-state index contributed by atoms with van der Waals surface area (Å²) in [6.45, 7) is 2.41. The Morgan fingerprint density at radius 2 is 2.12 bits per heavy atom. The van der Waals surface area contributed by atoms with Crippen molar-refractivity contribution >= 4 is 38.1 Å². The minimum atomic E-state index is 0.528. The van der Waals surface area contributed by atoms with Crippen molar-refractivity contribution in [1.82, 2.24) is 0 Å². The molecule has 0 saturated heterocycles. The van der Waals surface area contributed by atoms with Gasteiger partial charge in [-0.15, -0.1) is 0 Å². The SMILES string of the molecule is CCOc1cc(/C=N\O)c(Br)c(Br)c1OC. The second kappa shape index (κ2) is 6.10. The van der Waals surface area contributed by atoms with Gasteiger partial charge in [-0.3, -0.25) is 0 Å². The van der Waals surface area contributed by atoms with Crippen LogP contribution in [0.25, 0.3) is 0 Å². The molecule has 4 nitrogen and oxygen atoms in total. The van der Waals surface area contributed by atoms with Crippen molar-refractivity contribution in [3.63, 3.8) is 0 Å². The Kier molecular flexibility index (Phi) is 5.08. The smallest absolute Gasteiger partial charge is 0.176 e. The number of benzene rings is 1. The van der Waals surface area contributed by atoms with Crippen LogP contribution in [0.15, 0.2) is 20.2 Å². The molecule has 0 spiro atoms. The van der Waals surface area contributed by atoms with E-state index in [-0.39, 0.29) is 0 Å². The monoisotopic (exact) mass is 351 g/mol. The number of rotatable bonds is 4. The molecule has 1 aromatic carbocycles. The Balaban J connectivity index is 3.36. The van der Waals surface area contributed by atoms with E-state index < -0.39 is 0 Å². The van der Waals surface area contributed by atoms with Gasteiger partial charge < -0.3 is 14.7 Å². The molecule has 0 saturated carbocycles. The van der Waals surface area contributed by atoms with Crippen LogP contribution in [0.4, 0.5) is 0 Å². The lowest BCUT2D eigenvalue weighted by molar-refractivity contribution is 0.309. The minimum Gasteiger partial charge on any atom is -0.492 e. The fourth-order valence-corrected chi connectivity index (χ4v) is 2.20. The van der Waals surface area contributed by atoms with Crippen molar-refractivity contribution in [2.24, 2.45) is 5.16 Å². The van der Waals surface area contributed by atoms with Crippen molar-refractivity contribution < 1.29 is 14.7 Å². The topological polar surface area (TPSA) is 51.0 Å². The van der Waals surface area contributed by atoms with E-state index in [4.69, 9.17) is 14.7 Å². The molecular weight excluding hydrogens is 342 g/mol. The lowest BCUT2D eigenvalue weighted by Crippen LogP contribution is -1.98. The molecule has 88 valence electrons. The molecule has 0 fully saturated rings. The van der Waals surface area contributed by atoms with Crippen LogP contribution in [0, 0.1) is 0 Å². The Morgan fingerprint density at radius 1 is 1.44 bits per heavy atom. The van der Waals surface area contributed by atoms with Gasteiger partial charge in [0.25, 0.3) is 0 Å². The highest BCUT2D eigenvalue weighted by molar-refractivity contribution is 9.13. The summed E-state index contributed by atoms with van der Waals surface area (Å²) in [5.74, 6) is 1.19. The van der Waals surface area contributed by atoms with E-state index in [0.717, 1.165) is 8.95 Å². The summed E-state index contributed by atoms with van der Waals surface area (Å²) in [4.78, 5) is 0. The van der Waals surface area contributed by atoms with Crippen LogP contribution in [-0.2, 0) is 0 Å². The molecule has 16 heavy (non-hydrogen) atoms. The Labute approximate surface area is 110 Å². The van der Waals surface area contributed by atoms with Crippen molar-refractivity contribution in [3.05, 3.63) is 20.6 Å². The molecule has 1 rings (SSSR count). The van der Waals surface area contributed by atoms with E-state index in [9.17, 15) is 0 Å². The minimum absolute atomic E-state index is 0.528. The highest BCUT2D eigenvalue weighted by Gasteiger charge is 2.15. The van der Waals surface area contributed by atoms with Crippen LogP contribution >= 0.6 is 31.9 Å². The summed E-state index contributed by atoms with van der Waals surface area (Å²) < 4.78 is 12.1. The van der Waals surface area contributed by atoms with E-state index in [2.05, 4.69) is 37.0 Å². The van der Waals surface area contributed by atoms with Crippen molar-refractivity contribution in [3.8, 4) is 11.5 Å². The van der Waals surface area contributed by atoms with Gasteiger partial charge in [-0.2, -0.15) is 0 Å². The number of hydrogen-bond acceptors (Lipinski definition) is 4. The van der Waals surface area contributed by atoms with Gasteiger partial charge in [0.1, 0.15) is 0 Å². The van der Waals surface area contributed by atoms with Gasteiger partial charge >= 0.3 is 0 Å². The normalized spacial score (nSPS) is 10.8. The molecule has 0 atom stereocenters. The zero-order valence-electron chi connectivity index (χ0n) is 8.83. The van der Waals surface area contributed by atoms with Gasteiger partial charge in [0, 0.05) is 10.0 Å². The third kappa shape index (κ3) is 2.68. The number of halogens is 2. The van der Waals surface area contributed by atoms with E-state index in [1.54, 1.807) is 13.2 Å². The lowest BCUT2D eigenvalue weighted by Gasteiger charge is -2.13. The number of hydrogen-bond donors (Lipinski definition) is 1. The summed E-state index contributed by atoms with van der Waals surface area (Å²) in [6.07, 6.45) is 1.32. The van der Waals surface area contributed by atoms with Crippen LogP contribution in [0.5, 0.6) is 11.5 Å². The molecule has 1 N–H and O–H groups in total. The molecule has 0 aliphatic rings. The maximum absolute atomic E-state index is 8.54.